The van der Waals surface area contributed by atoms with Crippen molar-refractivity contribution in [2.45, 2.75) is 88.0 Å². The SMILES string of the molecule is CC1([C@H]2CC[C@H]3[C@@H]4CC[C@H]5CC6(CC[C@]5(C)[C@@]4(Br)C(=O)C[C@]23C)OCCO6)OCCO1. The molecule has 6 aliphatic rings. The van der Waals surface area contributed by atoms with E-state index in [2.05, 4.69) is 36.7 Å². The van der Waals surface area contributed by atoms with Crippen LogP contribution in [0.15, 0.2) is 0 Å². The Kier molecular flexibility index (Phi) is 4.70. The van der Waals surface area contributed by atoms with Crippen molar-refractivity contribution in [3.05, 3.63) is 0 Å². The highest BCUT2D eigenvalue weighted by Gasteiger charge is 2.72. The van der Waals surface area contributed by atoms with Gasteiger partial charge in [-0.3, -0.25) is 4.79 Å². The molecule has 2 saturated heterocycles. The number of carbonyl (C=O) groups is 1. The molecule has 174 valence electrons. The molecule has 4 aliphatic carbocycles. The molecule has 0 N–H and O–H groups in total. The van der Waals surface area contributed by atoms with Gasteiger partial charge in [0.2, 0.25) is 0 Å². The van der Waals surface area contributed by atoms with E-state index in [1.807, 2.05) is 0 Å². The topological polar surface area (TPSA) is 54.0 Å². The molecule has 6 heteroatoms. The summed E-state index contributed by atoms with van der Waals surface area (Å²) in [7, 11) is 0. The number of hydrogen-bond acceptors (Lipinski definition) is 5. The lowest BCUT2D eigenvalue weighted by molar-refractivity contribution is -0.229. The molecular weight excluding hydrogens is 460 g/mol. The Balaban J connectivity index is 1.33. The number of carbonyl (C=O) groups excluding carboxylic acids is 1. The number of rotatable bonds is 1. The van der Waals surface area contributed by atoms with E-state index in [-0.39, 0.29) is 16.7 Å². The van der Waals surface area contributed by atoms with Gasteiger partial charge in [0.1, 0.15) is 0 Å². The number of ketones is 1. The van der Waals surface area contributed by atoms with E-state index in [0.29, 0.717) is 56.4 Å². The van der Waals surface area contributed by atoms with Crippen LogP contribution in [0.2, 0.25) is 0 Å². The summed E-state index contributed by atoms with van der Waals surface area (Å²) in [5.74, 6) is 1.15. The van der Waals surface area contributed by atoms with Crippen molar-refractivity contribution in [3.8, 4) is 0 Å². The minimum atomic E-state index is -0.536. The number of ether oxygens (including phenoxy) is 4. The normalized spacial score (nSPS) is 52.7. The molecule has 2 heterocycles. The first-order valence-corrected chi connectivity index (χ1v) is 13.2. The molecule has 0 aromatic rings. The van der Waals surface area contributed by atoms with E-state index in [9.17, 15) is 4.79 Å². The second-order valence-electron chi connectivity index (χ2n) is 11.9. The zero-order chi connectivity index (χ0) is 21.7. The third kappa shape index (κ3) is 2.66. The van der Waals surface area contributed by atoms with Gasteiger partial charge in [-0.05, 0) is 67.6 Å². The largest absolute Gasteiger partial charge is 0.348 e. The van der Waals surface area contributed by atoms with Crippen molar-refractivity contribution in [1.82, 2.24) is 0 Å². The predicted molar refractivity (Wildman–Crippen MR) is 119 cm³/mol. The van der Waals surface area contributed by atoms with Crippen LogP contribution in [0.1, 0.15) is 72.1 Å². The lowest BCUT2D eigenvalue weighted by atomic mass is 9.43. The molecule has 6 fully saturated rings. The summed E-state index contributed by atoms with van der Waals surface area (Å²) in [6, 6.07) is 0. The molecule has 4 saturated carbocycles. The highest BCUT2D eigenvalue weighted by atomic mass is 79.9. The Morgan fingerprint density at radius 1 is 0.839 bits per heavy atom. The molecule has 0 unspecified atom stereocenters. The maximum absolute atomic E-state index is 14.1. The van der Waals surface area contributed by atoms with E-state index in [0.717, 1.165) is 38.5 Å². The third-order valence-corrected chi connectivity index (χ3v) is 12.7. The van der Waals surface area contributed by atoms with Gasteiger partial charge < -0.3 is 18.9 Å². The monoisotopic (exact) mass is 496 g/mol. The second kappa shape index (κ2) is 6.78. The molecule has 7 atom stereocenters. The van der Waals surface area contributed by atoms with Gasteiger partial charge in [0.05, 0.1) is 30.8 Å². The first-order valence-electron chi connectivity index (χ1n) is 12.5. The zero-order valence-corrected chi connectivity index (χ0v) is 20.8. The fourth-order valence-electron chi connectivity index (χ4n) is 9.27. The summed E-state index contributed by atoms with van der Waals surface area (Å²) in [5.41, 5.74) is -0.0912. The maximum Gasteiger partial charge on any atom is 0.169 e. The fraction of sp³-hybridized carbons (Fsp3) is 0.960. The maximum atomic E-state index is 14.1. The average molecular weight is 497 g/mol. The van der Waals surface area contributed by atoms with Gasteiger partial charge in [0, 0.05) is 25.2 Å². The van der Waals surface area contributed by atoms with E-state index in [4.69, 9.17) is 18.9 Å². The van der Waals surface area contributed by atoms with E-state index in [1.54, 1.807) is 0 Å². The van der Waals surface area contributed by atoms with Gasteiger partial charge in [0.15, 0.2) is 17.4 Å². The van der Waals surface area contributed by atoms with Gasteiger partial charge in [-0.15, -0.1) is 0 Å². The van der Waals surface area contributed by atoms with Crippen LogP contribution in [0.3, 0.4) is 0 Å². The van der Waals surface area contributed by atoms with Crippen LogP contribution in [-0.2, 0) is 23.7 Å². The lowest BCUT2D eigenvalue weighted by Crippen LogP contribution is -2.68. The number of halogens is 1. The van der Waals surface area contributed by atoms with Crippen molar-refractivity contribution in [3.63, 3.8) is 0 Å². The van der Waals surface area contributed by atoms with Gasteiger partial charge in [0.25, 0.3) is 0 Å². The van der Waals surface area contributed by atoms with Crippen molar-refractivity contribution in [2.24, 2.45) is 34.5 Å². The van der Waals surface area contributed by atoms with Crippen LogP contribution < -0.4 is 0 Å². The minimum absolute atomic E-state index is 0.0444. The predicted octanol–water partition coefficient (Wildman–Crippen LogP) is 4.85. The molecule has 31 heavy (non-hydrogen) atoms. The fourth-order valence-corrected chi connectivity index (χ4v) is 10.5. The summed E-state index contributed by atoms with van der Waals surface area (Å²) < 4.78 is 24.0. The first kappa shape index (κ1) is 21.5. The lowest BCUT2D eigenvalue weighted by Gasteiger charge is -2.65. The number of Topliss-reactive ketones (excluding diaryl/α,β-unsaturated/α-hetero) is 1. The molecule has 0 aromatic heterocycles. The highest BCUT2D eigenvalue weighted by Crippen LogP contribution is 2.72. The molecule has 2 aliphatic heterocycles. The number of hydrogen-bond donors (Lipinski definition) is 0. The molecular formula is C25H37BrO5. The van der Waals surface area contributed by atoms with Gasteiger partial charge >= 0.3 is 0 Å². The zero-order valence-electron chi connectivity index (χ0n) is 19.2. The molecule has 1 spiro atoms. The van der Waals surface area contributed by atoms with Crippen molar-refractivity contribution in [2.75, 3.05) is 26.4 Å². The Morgan fingerprint density at radius 3 is 2.19 bits per heavy atom. The van der Waals surface area contributed by atoms with Crippen LogP contribution in [0.4, 0.5) is 0 Å². The molecule has 0 radical (unpaired) electrons. The highest BCUT2D eigenvalue weighted by molar-refractivity contribution is 9.10. The number of fused-ring (bicyclic) bond motifs is 5. The van der Waals surface area contributed by atoms with Crippen molar-refractivity contribution < 1.29 is 23.7 Å². The van der Waals surface area contributed by atoms with E-state index in [1.165, 1.54) is 6.42 Å². The molecule has 0 amide bonds. The summed E-state index contributed by atoms with van der Waals surface area (Å²) in [5, 5.41) is 0. The smallest absolute Gasteiger partial charge is 0.169 e. The summed E-state index contributed by atoms with van der Waals surface area (Å²) >= 11 is 4.22. The Labute approximate surface area is 194 Å². The molecule has 5 nitrogen and oxygen atoms in total. The molecule has 6 rings (SSSR count). The van der Waals surface area contributed by atoms with Crippen LogP contribution in [0.5, 0.6) is 0 Å². The Morgan fingerprint density at radius 2 is 1.48 bits per heavy atom. The van der Waals surface area contributed by atoms with Crippen molar-refractivity contribution in [1.29, 1.82) is 0 Å². The van der Waals surface area contributed by atoms with Gasteiger partial charge in [-0.2, -0.15) is 0 Å². The van der Waals surface area contributed by atoms with Crippen LogP contribution in [0, 0.1) is 34.5 Å². The minimum Gasteiger partial charge on any atom is -0.348 e. The Bertz CT molecular complexity index is 774. The quantitative estimate of drug-likeness (QED) is 0.485. The van der Waals surface area contributed by atoms with Crippen LogP contribution >= 0.6 is 15.9 Å². The van der Waals surface area contributed by atoms with Crippen LogP contribution in [-0.4, -0.2) is 48.1 Å². The number of alkyl halides is 1. The molecule has 0 bridgehead atoms. The van der Waals surface area contributed by atoms with Crippen molar-refractivity contribution >= 4 is 21.7 Å². The Hall–Kier alpha value is -0.0100. The first-order chi connectivity index (χ1) is 14.7. The second-order valence-corrected chi connectivity index (χ2v) is 13.1. The van der Waals surface area contributed by atoms with E-state index >= 15 is 0 Å². The summed E-state index contributed by atoms with van der Waals surface area (Å²) in [6.07, 6.45) is 7.99. The van der Waals surface area contributed by atoms with E-state index < -0.39 is 15.9 Å². The van der Waals surface area contributed by atoms with Gasteiger partial charge in [-0.25, -0.2) is 0 Å². The van der Waals surface area contributed by atoms with Gasteiger partial charge in [-0.1, -0.05) is 29.8 Å². The third-order valence-electron chi connectivity index (χ3n) is 10.8. The summed E-state index contributed by atoms with van der Waals surface area (Å²) in [6.45, 7) is 9.60. The molecule has 0 aromatic carbocycles. The van der Waals surface area contributed by atoms with Crippen LogP contribution in [0.25, 0.3) is 0 Å². The summed E-state index contributed by atoms with van der Waals surface area (Å²) in [4.78, 5) is 14.1. The standard InChI is InChI=1S/C25H37BrO5/c1-21-15-20(27)25(26)18(17(21)6-7-19(21)23(3)28-10-11-29-23)5-4-16-14-24(30-12-13-31-24)9-8-22(16,25)2/h16-19H,4-15H2,1-3H3/t16-,17-,18-,19-,21-,22-,25-/m0/s1. The average Bonchev–Trinajstić information content (AvgIpc) is 3.44.